The van der Waals surface area contributed by atoms with Crippen molar-refractivity contribution >= 4 is 12.0 Å². The number of piperidine rings is 1. The van der Waals surface area contributed by atoms with E-state index in [1.165, 1.54) is 12.8 Å². The highest BCUT2D eigenvalue weighted by molar-refractivity contribution is 5.74. The van der Waals surface area contributed by atoms with Gasteiger partial charge in [0.15, 0.2) is 0 Å². The van der Waals surface area contributed by atoms with Crippen molar-refractivity contribution in [2.45, 2.75) is 51.0 Å². The number of likely N-dealkylation sites (tertiary alicyclic amines) is 2. The monoisotopic (exact) mass is 298 g/mol. The van der Waals surface area contributed by atoms with Crippen LogP contribution in [0.2, 0.25) is 0 Å². The number of rotatable bonds is 4. The molecule has 1 N–H and O–H groups in total. The normalized spacial score (nSPS) is 21.1. The number of urea groups is 1. The fourth-order valence-corrected chi connectivity index (χ4v) is 2.99. The van der Waals surface area contributed by atoms with Crippen LogP contribution < -0.4 is 0 Å². The summed E-state index contributed by atoms with van der Waals surface area (Å²) < 4.78 is 5.55. The average Bonchev–Trinajstić information content (AvgIpc) is 2.76. The van der Waals surface area contributed by atoms with Gasteiger partial charge in [-0.25, -0.2) is 4.79 Å². The highest BCUT2D eigenvalue weighted by Gasteiger charge is 2.26. The second kappa shape index (κ2) is 8.22. The third-order valence-electron chi connectivity index (χ3n) is 4.26. The molecular weight excluding hydrogens is 272 g/mol. The van der Waals surface area contributed by atoms with Crippen molar-refractivity contribution in [1.82, 2.24) is 9.80 Å². The molecule has 0 atom stereocenters. The highest BCUT2D eigenvalue weighted by atomic mass is 16.5. The Labute approximate surface area is 126 Å². The minimum Gasteiger partial charge on any atom is -0.481 e. The molecule has 120 valence electrons. The zero-order valence-electron chi connectivity index (χ0n) is 12.6. The molecule has 0 aromatic heterocycles. The van der Waals surface area contributed by atoms with Crippen molar-refractivity contribution < 1.29 is 19.4 Å². The largest absolute Gasteiger partial charge is 0.481 e. The molecule has 2 fully saturated rings. The van der Waals surface area contributed by atoms with Gasteiger partial charge in [-0.05, 0) is 25.7 Å². The van der Waals surface area contributed by atoms with Crippen LogP contribution in [0, 0.1) is 0 Å². The van der Waals surface area contributed by atoms with E-state index in [0.29, 0.717) is 13.1 Å². The van der Waals surface area contributed by atoms with Crippen LogP contribution in [-0.4, -0.2) is 65.8 Å². The lowest BCUT2D eigenvalue weighted by molar-refractivity contribution is -0.138. The molecular formula is C15H26N2O4. The molecule has 0 aromatic rings. The van der Waals surface area contributed by atoms with Crippen molar-refractivity contribution in [3.63, 3.8) is 0 Å². The van der Waals surface area contributed by atoms with Crippen molar-refractivity contribution in [3.8, 4) is 0 Å². The number of carbonyl (C=O) groups is 2. The summed E-state index contributed by atoms with van der Waals surface area (Å²) in [5, 5.41) is 8.59. The fraction of sp³-hybridized carbons (Fsp3) is 0.867. The third-order valence-corrected chi connectivity index (χ3v) is 4.26. The van der Waals surface area contributed by atoms with E-state index < -0.39 is 5.97 Å². The number of aliphatic carboxylic acids is 1. The maximum Gasteiger partial charge on any atom is 0.320 e. The molecule has 2 aliphatic heterocycles. The van der Waals surface area contributed by atoms with Gasteiger partial charge in [-0.15, -0.1) is 0 Å². The predicted molar refractivity (Wildman–Crippen MR) is 78.2 cm³/mol. The number of hydrogen-bond donors (Lipinski definition) is 1. The Morgan fingerprint density at radius 1 is 0.952 bits per heavy atom. The van der Waals surface area contributed by atoms with Gasteiger partial charge in [0.2, 0.25) is 0 Å². The molecule has 0 unspecified atom stereocenters. The minimum atomic E-state index is -0.830. The molecule has 0 aliphatic carbocycles. The first-order valence-electron chi connectivity index (χ1n) is 8.04. The lowest BCUT2D eigenvalue weighted by atomic mass is 10.1. The Kier molecular flexibility index (Phi) is 6.29. The van der Waals surface area contributed by atoms with E-state index in [0.717, 1.165) is 38.8 Å². The predicted octanol–water partition coefficient (Wildman–Crippen LogP) is 1.94. The minimum absolute atomic E-state index is 0.0485. The van der Waals surface area contributed by atoms with E-state index in [9.17, 15) is 9.59 Å². The van der Waals surface area contributed by atoms with E-state index in [-0.39, 0.29) is 25.2 Å². The van der Waals surface area contributed by atoms with Crippen LogP contribution in [0.25, 0.3) is 0 Å². The first-order chi connectivity index (χ1) is 10.2. The maximum atomic E-state index is 12.4. The second-order valence-corrected chi connectivity index (χ2v) is 5.88. The number of hydrogen-bond acceptors (Lipinski definition) is 3. The van der Waals surface area contributed by atoms with Crippen molar-refractivity contribution in [3.05, 3.63) is 0 Å². The van der Waals surface area contributed by atoms with Crippen LogP contribution in [0.15, 0.2) is 0 Å². The molecule has 21 heavy (non-hydrogen) atoms. The molecule has 2 amide bonds. The Balaban J connectivity index is 1.70. The number of carboxylic acids is 1. The molecule has 2 rings (SSSR count). The number of carbonyl (C=O) groups excluding carboxylic acids is 1. The summed E-state index contributed by atoms with van der Waals surface area (Å²) >= 11 is 0. The summed E-state index contributed by atoms with van der Waals surface area (Å²) in [5.41, 5.74) is 0. The lowest BCUT2D eigenvalue weighted by Gasteiger charge is -2.35. The maximum absolute atomic E-state index is 12.4. The van der Waals surface area contributed by atoms with Gasteiger partial charge in [0.1, 0.15) is 0 Å². The highest BCUT2D eigenvalue weighted by Crippen LogP contribution is 2.17. The van der Waals surface area contributed by atoms with Gasteiger partial charge in [0, 0.05) is 26.2 Å². The summed E-state index contributed by atoms with van der Waals surface area (Å²) in [5.74, 6) is -0.830. The van der Waals surface area contributed by atoms with Gasteiger partial charge < -0.3 is 19.6 Å². The molecule has 0 aromatic carbocycles. The van der Waals surface area contributed by atoms with Crippen LogP contribution in [0.1, 0.15) is 44.9 Å². The first-order valence-corrected chi connectivity index (χ1v) is 8.04. The zero-order chi connectivity index (χ0) is 15.1. The first kappa shape index (κ1) is 16.1. The quantitative estimate of drug-likeness (QED) is 0.861. The molecule has 0 spiro atoms. The zero-order valence-corrected chi connectivity index (χ0v) is 12.6. The molecule has 0 saturated carbocycles. The molecule has 6 nitrogen and oxygen atoms in total. The van der Waals surface area contributed by atoms with Crippen LogP contribution in [-0.2, 0) is 9.53 Å². The number of nitrogens with zero attached hydrogens (tertiary/aromatic N) is 2. The van der Waals surface area contributed by atoms with Crippen LogP contribution in [0.3, 0.4) is 0 Å². The number of amides is 2. The fourth-order valence-electron chi connectivity index (χ4n) is 2.99. The van der Waals surface area contributed by atoms with E-state index in [2.05, 4.69) is 0 Å². The molecule has 2 heterocycles. The molecule has 2 aliphatic rings. The standard InChI is InChI=1S/C15H26N2O4/c18-14(19)7-12-21-13-5-10-17(11-6-13)15(20)16-8-3-1-2-4-9-16/h13H,1-12H2,(H,18,19). The number of carboxylic acid groups (broad SMARTS) is 1. The van der Waals surface area contributed by atoms with Gasteiger partial charge in [0.05, 0.1) is 19.1 Å². The Hall–Kier alpha value is -1.30. The SMILES string of the molecule is O=C(O)CCOC1CCN(C(=O)N2CCCCCC2)CC1. The van der Waals surface area contributed by atoms with Crippen LogP contribution in [0.4, 0.5) is 4.79 Å². The Bertz CT molecular complexity index is 346. The van der Waals surface area contributed by atoms with Gasteiger partial charge in [-0.3, -0.25) is 4.79 Å². The van der Waals surface area contributed by atoms with E-state index in [4.69, 9.17) is 9.84 Å². The third kappa shape index (κ3) is 5.19. The van der Waals surface area contributed by atoms with Gasteiger partial charge in [0.25, 0.3) is 0 Å². The van der Waals surface area contributed by atoms with E-state index >= 15 is 0 Å². The molecule has 0 bridgehead atoms. The van der Waals surface area contributed by atoms with E-state index in [1.807, 2.05) is 9.80 Å². The topological polar surface area (TPSA) is 70.1 Å². The Morgan fingerprint density at radius 2 is 1.52 bits per heavy atom. The smallest absolute Gasteiger partial charge is 0.320 e. The molecule has 6 heteroatoms. The van der Waals surface area contributed by atoms with Gasteiger partial charge >= 0.3 is 12.0 Å². The molecule has 2 saturated heterocycles. The van der Waals surface area contributed by atoms with Crippen molar-refractivity contribution in [1.29, 1.82) is 0 Å². The summed E-state index contributed by atoms with van der Waals surface area (Å²) in [7, 11) is 0. The van der Waals surface area contributed by atoms with Gasteiger partial charge in [-0.2, -0.15) is 0 Å². The van der Waals surface area contributed by atoms with Crippen molar-refractivity contribution in [2.24, 2.45) is 0 Å². The molecule has 0 radical (unpaired) electrons. The summed E-state index contributed by atoms with van der Waals surface area (Å²) in [6.07, 6.45) is 6.43. The lowest BCUT2D eigenvalue weighted by Crippen LogP contribution is -2.48. The summed E-state index contributed by atoms with van der Waals surface area (Å²) in [4.78, 5) is 26.8. The van der Waals surface area contributed by atoms with Crippen LogP contribution >= 0.6 is 0 Å². The van der Waals surface area contributed by atoms with Crippen LogP contribution in [0.5, 0.6) is 0 Å². The average molecular weight is 298 g/mol. The summed E-state index contributed by atoms with van der Waals surface area (Å²) in [6.45, 7) is 3.46. The number of ether oxygens (including phenoxy) is 1. The van der Waals surface area contributed by atoms with E-state index in [1.54, 1.807) is 0 Å². The Morgan fingerprint density at radius 3 is 2.10 bits per heavy atom. The second-order valence-electron chi connectivity index (χ2n) is 5.88. The summed E-state index contributed by atoms with van der Waals surface area (Å²) in [6, 6.07) is 0.167. The van der Waals surface area contributed by atoms with Crippen molar-refractivity contribution in [2.75, 3.05) is 32.8 Å². The van der Waals surface area contributed by atoms with Gasteiger partial charge in [-0.1, -0.05) is 12.8 Å².